The number of hydrogen-bond donors (Lipinski definition) is 0. The van der Waals surface area contributed by atoms with Crippen LogP contribution in [0.3, 0.4) is 0 Å². The summed E-state index contributed by atoms with van der Waals surface area (Å²) in [5.74, 6) is -0.141. The Bertz CT molecular complexity index is 535. The molecule has 7 heteroatoms. The molecule has 1 aromatic heterocycles. The number of likely N-dealkylation sites (tertiary alicyclic amines) is 1. The van der Waals surface area contributed by atoms with Crippen molar-refractivity contribution >= 4 is 29.1 Å². The fraction of sp³-hybridized carbons (Fsp3) is 0.571. The summed E-state index contributed by atoms with van der Waals surface area (Å²) in [5, 5.41) is 0.630. The molecule has 2 fully saturated rings. The number of aromatic nitrogens is 1. The van der Waals surface area contributed by atoms with E-state index in [-0.39, 0.29) is 16.8 Å². The van der Waals surface area contributed by atoms with Gasteiger partial charge in [-0.25, -0.2) is 4.98 Å². The highest BCUT2D eigenvalue weighted by Gasteiger charge is 2.32. The predicted molar refractivity (Wildman–Crippen MR) is 81.0 cm³/mol. The second kappa shape index (κ2) is 6.48. The van der Waals surface area contributed by atoms with E-state index in [1.54, 1.807) is 12.1 Å². The zero-order chi connectivity index (χ0) is 14.8. The number of pyridine rings is 1. The number of nitrogens with zero attached hydrogens (tertiary/aromatic N) is 3. The van der Waals surface area contributed by atoms with Gasteiger partial charge in [-0.05, 0) is 18.6 Å². The van der Waals surface area contributed by atoms with Crippen LogP contribution in [-0.2, 0) is 4.74 Å². The van der Waals surface area contributed by atoms with E-state index in [0.29, 0.717) is 17.6 Å². The molecular formula is C14H17Cl2N3O2. The molecule has 0 aliphatic carbocycles. The van der Waals surface area contributed by atoms with Gasteiger partial charge in [0.05, 0.1) is 18.2 Å². The smallest absolute Gasteiger partial charge is 0.274 e. The van der Waals surface area contributed by atoms with Crippen LogP contribution in [0, 0.1) is 0 Å². The Hall–Kier alpha value is -0.880. The van der Waals surface area contributed by atoms with Crippen molar-refractivity contribution in [1.82, 2.24) is 14.8 Å². The van der Waals surface area contributed by atoms with Gasteiger partial charge >= 0.3 is 0 Å². The van der Waals surface area contributed by atoms with Crippen molar-refractivity contribution in [2.75, 3.05) is 39.4 Å². The lowest BCUT2D eigenvalue weighted by Crippen LogP contribution is -2.45. The van der Waals surface area contributed by atoms with Crippen LogP contribution in [0.25, 0.3) is 0 Å². The molecule has 3 rings (SSSR count). The zero-order valence-corrected chi connectivity index (χ0v) is 13.1. The molecule has 1 atom stereocenters. The highest BCUT2D eigenvalue weighted by Crippen LogP contribution is 2.23. The lowest BCUT2D eigenvalue weighted by Gasteiger charge is -2.32. The normalized spacial score (nSPS) is 23.5. The molecule has 0 radical (unpaired) electrons. The molecule has 0 bridgehead atoms. The Morgan fingerprint density at radius 3 is 2.76 bits per heavy atom. The monoisotopic (exact) mass is 329 g/mol. The van der Waals surface area contributed by atoms with Gasteiger partial charge in [-0.2, -0.15) is 0 Å². The van der Waals surface area contributed by atoms with Crippen molar-refractivity contribution in [3.63, 3.8) is 0 Å². The van der Waals surface area contributed by atoms with E-state index < -0.39 is 0 Å². The Morgan fingerprint density at radius 1 is 1.24 bits per heavy atom. The Morgan fingerprint density at radius 2 is 2.00 bits per heavy atom. The molecule has 21 heavy (non-hydrogen) atoms. The predicted octanol–water partition coefficient (Wildman–Crippen LogP) is 1.94. The summed E-state index contributed by atoms with van der Waals surface area (Å²) in [6.07, 6.45) is 0.976. The van der Waals surface area contributed by atoms with Crippen molar-refractivity contribution in [2.45, 2.75) is 12.5 Å². The van der Waals surface area contributed by atoms with Gasteiger partial charge < -0.3 is 9.64 Å². The van der Waals surface area contributed by atoms with Crippen LogP contribution in [0.4, 0.5) is 0 Å². The number of morpholine rings is 1. The average molecular weight is 330 g/mol. The maximum atomic E-state index is 12.5. The quantitative estimate of drug-likeness (QED) is 0.778. The molecule has 0 spiro atoms. The number of amides is 1. The number of carbonyl (C=O) groups is 1. The minimum atomic E-state index is -0.141. The fourth-order valence-electron chi connectivity index (χ4n) is 2.89. The molecule has 5 nitrogen and oxygen atoms in total. The average Bonchev–Trinajstić information content (AvgIpc) is 3.00. The molecule has 0 N–H and O–H groups in total. The molecule has 3 heterocycles. The third-order valence-corrected chi connectivity index (χ3v) is 4.54. The largest absolute Gasteiger partial charge is 0.379 e. The van der Waals surface area contributed by atoms with Crippen molar-refractivity contribution in [3.8, 4) is 0 Å². The SMILES string of the molecule is O=C(c1nc(Cl)ccc1Cl)N1CCC(N2CCOCC2)C1. The number of carbonyl (C=O) groups excluding carboxylic acids is 1. The summed E-state index contributed by atoms with van der Waals surface area (Å²) in [6, 6.07) is 3.59. The molecule has 0 saturated carbocycles. The Balaban J connectivity index is 1.67. The van der Waals surface area contributed by atoms with Gasteiger partial charge in [0, 0.05) is 32.2 Å². The number of rotatable bonds is 2. The first-order valence-electron chi connectivity index (χ1n) is 7.08. The molecule has 2 saturated heterocycles. The van der Waals surface area contributed by atoms with Gasteiger partial charge in [-0.1, -0.05) is 23.2 Å². The second-order valence-corrected chi connectivity index (χ2v) is 6.10. The third-order valence-electron chi connectivity index (χ3n) is 4.03. The minimum absolute atomic E-state index is 0.141. The molecule has 0 aromatic carbocycles. The van der Waals surface area contributed by atoms with Crippen LogP contribution in [0.15, 0.2) is 12.1 Å². The fourth-order valence-corrected chi connectivity index (χ4v) is 3.22. The summed E-state index contributed by atoms with van der Waals surface area (Å²) in [6.45, 7) is 4.85. The lowest BCUT2D eigenvalue weighted by molar-refractivity contribution is 0.0185. The van der Waals surface area contributed by atoms with E-state index in [1.807, 2.05) is 4.90 Å². The van der Waals surface area contributed by atoms with Gasteiger partial charge in [-0.3, -0.25) is 9.69 Å². The van der Waals surface area contributed by atoms with E-state index >= 15 is 0 Å². The molecule has 2 aliphatic heterocycles. The topological polar surface area (TPSA) is 45.7 Å². The van der Waals surface area contributed by atoms with E-state index in [1.165, 1.54) is 0 Å². The summed E-state index contributed by atoms with van der Waals surface area (Å²) < 4.78 is 5.37. The Kier molecular flexibility index (Phi) is 4.64. The van der Waals surface area contributed by atoms with Gasteiger partial charge in [0.1, 0.15) is 10.8 Å². The first-order valence-corrected chi connectivity index (χ1v) is 7.84. The maximum Gasteiger partial charge on any atom is 0.274 e. The zero-order valence-electron chi connectivity index (χ0n) is 11.6. The van der Waals surface area contributed by atoms with Crippen molar-refractivity contribution in [3.05, 3.63) is 28.0 Å². The van der Waals surface area contributed by atoms with E-state index in [9.17, 15) is 4.79 Å². The van der Waals surface area contributed by atoms with Crippen LogP contribution in [0.5, 0.6) is 0 Å². The number of halogens is 2. The summed E-state index contributed by atoms with van der Waals surface area (Å²) in [5.41, 5.74) is 0.242. The van der Waals surface area contributed by atoms with Crippen LogP contribution in [-0.4, -0.2) is 66.1 Å². The van der Waals surface area contributed by atoms with E-state index in [0.717, 1.165) is 39.3 Å². The van der Waals surface area contributed by atoms with Gasteiger partial charge in [0.25, 0.3) is 5.91 Å². The highest BCUT2D eigenvalue weighted by molar-refractivity contribution is 6.34. The van der Waals surface area contributed by atoms with Crippen LogP contribution < -0.4 is 0 Å². The van der Waals surface area contributed by atoms with Crippen LogP contribution in [0.2, 0.25) is 10.2 Å². The molecular weight excluding hydrogens is 313 g/mol. The summed E-state index contributed by atoms with van der Waals surface area (Å²) in [7, 11) is 0. The standard InChI is InChI=1S/C14H17Cl2N3O2/c15-11-1-2-12(16)17-13(11)14(20)19-4-3-10(9-19)18-5-7-21-8-6-18/h1-2,10H,3-9H2. The van der Waals surface area contributed by atoms with E-state index in [4.69, 9.17) is 27.9 Å². The van der Waals surface area contributed by atoms with Gasteiger partial charge in [-0.15, -0.1) is 0 Å². The molecule has 1 unspecified atom stereocenters. The first-order chi connectivity index (χ1) is 10.1. The van der Waals surface area contributed by atoms with E-state index in [2.05, 4.69) is 9.88 Å². The second-order valence-electron chi connectivity index (χ2n) is 5.31. The maximum absolute atomic E-state index is 12.5. The molecule has 114 valence electrons. The molecule has 1 amide bonds. The summed E-state index contributed by atoms with van der Waals surface area (Å²) >= 11 is 11.9. The first kappa shape index (κ1) is 15.0. The third kappa shape index (κ3) is 3.31. The number of ether oxygens (including phenoxy) is 1. The van der Waals surface area contributed by atoms with Crippen LogP contribution in [0.1, 0.15) is 16.9 Å². The van der Waals surface area contributed by atoms with Gasteiger partial charge in [0.15, 0.2) is 0 Å². The minimum Gasteiger partial charge on any atom is -0.379 e. The highest BCUT2D eigenvalue weighted by atomic mass is 35.5. The number of hydrogen-bond acceptors (Lipinski definition) is 4. The molecule has 2 aliphatic rings. The van der Waals surface area contributed by atoms with Gasteiger partial charge in [0.2, 0.25) is 0 Å². The van der Waals surface area contributed by atoms with Crippen LogP contribution >= 0.6 is 23.2 Å². The van der Waals surface area contributed by atoms with Crippen molar-refractivity contribution in [2.24, 2.45) is 0 Å². The molecule has 1 aromatic rings. The summed E-state index contributed by atoms with van der Waals surface area (Å²) in [4.78, 5) is 20.8. The van der Waals surface area contributed by atoms with Crippen molar-refractivity contribution < 1.29 is 9.53 Å². The van der Waals surface area contributed by atoms with Crippen molar-refractivity contribution in [1.29, 1.82) is 0 Å². The Labute approximate surface area is 133 Å². The lowest BCUT2D eigenvalue weighted by atomic mass is 10.2.